The maximum Gasteiger partial charge on any atom is 0.336 e. The predicted molar refractivity (Wildman–Crippen MR) is 125 cm³/mol. The monoisotopic (exact) mass is 451 g/mol. The van der Waals surface area contributed by atoms with E-state index in [1.807, 2.05) is 13.0 Å². The molecule has 0 aliphatic rings. The number of esters is 1. The second kappa shape index (κ2) is 11.0. The SMILES string of the molecule is CCOc1ccc(/C=C/C(=O)Oc2ccc(C(=O)Nc3ccc(Cl)cc3)cc2)cc1OC. The number of carbonyl (C=O) groups excluding carboxylic acids is 2. The van der Waals surface area contributed by atoms with Crippen LogP contribution in [-0.2, 0) is 4.79 Å². The largest absolute Gasteiger partial charge is 0.493 e. The van der Waals surface area contributed by atoms with Gasteiger partial charge in [0.2, 0.25) is 0 Å². The average molecular weight is 452 g/mol. The molecule has 0 bridgehead atoms. The van der Waals surface area contributed by atoms with E-state index in [4.69, 9.17) is 25.8 Å². The summed E-state index contributed by atoms with van der Waals surface area (Å²) in [5.74, 6) is 0.711. The van der Waals surface area contributed by atoms with Gasteiger partial charge in [0.25, 0.3) is 5.91 Å². The Kier molecular flexibility index (Phi) is 7.89. The summed E-state index contributed by atoms with van der Waals surface area (Å²) in [5, 5.41) is 3.36. The molecule has 0 heterocycles. The number of hydrogen-bond acceptors (Lipinski definition) is 5. The lowest BCUT2D eigenvalue weighted by molar-refractivity contribution is -0.128. The van der Waals surface area contributed by atoms with Crippen LogP contribution in [0.15, 0.2) is 72.8 Å². The minimum Gasteiger partial charge on any atom is -0.493 e. The van der Waals surface area contributed by atoms with Crippen molar-refractivity contribution in [2.75, 3.05) is 19.0 Å². The molecule has 0 saturated carbocycles. The van der Waals surface area contributed by atoms with Crippen molar-refractivity contribution < 1.29 is 23.8 Å². The zero-order chi connectivity index (χ0) is 22.9. The molecule has 1 amide bonds. The van der Waals surface area contributed by atoms with Crippen molar-refractivity contribution in [1.82, 2.24) is 0 Å². The molecule has 1 N–H and O–H groups in total. The van der Waals surface area contributed by atoms with E-state index in [1.54, 1.807) is 73.8 Å². The van der Waals surface area contributed by atoms with Crippen LogP contribution in [0.5, 0.6) is 17.2 Å². The fourth-order valence-corrected chi connectivity index (χ4v) is 2.91. The lowest BCUT2D eigenvalue weighted by atomic mass is 10.2. The molecule has 0 atom stereocenters. The summed E-state index contributed by atoms with van der Waals surface area (Å²) in [5.41, 5.74) is 1.82. The van der Waals surface area contributed by atoms with Crippen molar-refractivity contribution in [1.29, 1.82) is 0 Å². The molecule has 0 saturated heterocycles. The van der Waals surface area contributed by atoms with Gasteiger partial charge in [-0.1, -0.05) is 17.7 Å². The normalized spacial score (nSPS) is 10.6. The first-order chi connectivity index (χ1) is 15.5. The smallest absolute Gasteiger partial charge is 0.336 e. The summed E-state index contributed by atoms with van der Waals surface area (Å²) in [6, 6.07) is 18.4. The van der Waals surface area contributed by atoms with Gasteiger partial charge in [-0.25, -0.2) is 4.79 Å². The number of amides is 1. The van der Waals surface area contributed by atoms with E-state index in [1.165, 1.54) is 6.08 Å². The molecule has 0 aliphatic heterocycles. The van der Waals surface area contributed by atoms with Crippen LogP contribution < -0.4 is 19.5 Å². The summed E-state index contributed by atoms with van der Waals surface area (Å²) in [7, 11) is 1.55. The highest BCUT2D eigenvalue weighted by molar-refractivity contribution is 6.30. The molecule has 0 radical (unpaired) electrons. The quantitative estimate of drug-likeness (QED) is 0.273. The summed E-state index contributed by atoms with van der Waals surface area (Å²) in [6.45, 7) is 2.42. The molecule has 0 unspecified atom stereocenters. The Hall–Kier alpha value is -3.77. The van der Waals surface area contributed by atoms with Crippen LogP contribution >= 0.6 is 11.6 Å². The maximum absolute atomic E-state index is 12.3. The Bertz CT molecular complexity index is 1110. The zero-order valence-electron chi connectivity index (χ0n) is 17.6. The number of methoxy groups -OCH3 is 1. The van der Waals surface area contributed by atoms with Crippen molar-refractivity contribution >= 4 is 35.2 Å². The van der Waals surface area contributed by atoms with Crippen LogP contribution in [0.3, 0.4) is 0 Å². The molecule has 0 aromatic heterocycles. The molecule has 0 spiro atoms. The van der Waals surface area contributed by atoms with Gasteiger partial charge in [0, 0.05) is 22.3 Å². The number of hydrogen-bond donors (Lipinski definition) is 1. The van der Waals surface area contributed by atoms with Crippen molar-refractivity contribution in [3.63, 3.8) is 0 Å². The van der Waals surface area contributed by atoms with E-state index in [0.717, 1.165) is 5.56 Å². The van der Waals surface area contributed by atoms with E-state index in [-0.39, 0.29) is 5.91 Å². The number of ether oxygens (including phenoxy) is 3. The predicted octanol–water partition coefficient (Wildman–Crippen LogP) is 5.62. The Balaban J connectivity index is 1.58. The van der Waals surface area contributed by atoms with Gasteiger partial charge in [-0.2, -0.15) is 0 Å². The maximum atomic E-state index is 12.3. The van der Waals surface area contributed by atoms with E-state index in [9.17, 15) is 9.59 Å². The highest BCUT2D eigenvalue weighted by Gasteiger charge is 2.08. The van der Waals surface area contributed by atoms with Crippen molar-refractivity contribution in [2.24, 2.45) is 0 Å². The molecule has 3 aromatic carbocycles. The third-order valence-corrected chi connectivity index (χ3v) is 4.59. The standard InChI is InChI=1S/C25H22ClNO5/c1-3-31-22-14-4-17(16-23(22)30-2)5-15-24(28)32-21-12-6-18(7-13-21)25(29)27-20-10-8-19(26)9-11-20/h4-16H,3H2,1-2H3,(H,27,29)/b15-5+. The number of carbonyl (C=O) groups is 2. The first-order valence-electron chi connectivity index (χ1n) is 9.86. The minimum atomic E-state index is -0.545. The molecule has 0 fully saturated rings. The van der Waals surface area contributed by atoms with Gasteiger partial charge in [0.15, 0.2) is 11.5 Å². The van der Waals surface area contributed by atoms with Gasteiger partial charge in [-0.15, -0.1) is 0 Å². The fraction of sp³-hybridized carbons (Fsp3) is 0.120. The average Bonchev–Trinajstić information content (AvgIpc) is 2.80. The summed E-state index contributed by atoms with van der Waals surface area (Å²) in [4.78, 5) is 24.5. The zero-order valence-corrected chi connectivity index (χ0v) is 18.4. The van der Waals surface area contributed by atoms with E-state index < -0.39 is 5.97 Å². The van der Waals surface area contributed by atoms with E-state index in [0.29, 0.717) is 40.1 Å². The third-order valence-electron chi connectivity index (χ3n) is 4.34. The molecule has 6 nitrogen and oxygen atoms in total. The summed E-state index contributed by atoms with van der Waals surface area (Å²) >= 11 is 5.84. The second-order valence-corrected chi connectivity index (χ2v) is 7.02. The fourth-order valence-electron chi connectivity index (χ4n) is 2.79. The highest BCUT2D eigenvalue weighted by atomic mass is 35.5. The molecule has 7 heteroatoms. The van der Waals surface area contributed by atoms with E-state index in [2.05, 4.69) is 5.32 Å². The molecule has 3 aromatic rings. The van der Waals surface area contributed by atoms with Gasteiger partial charge in [-0.3, -0.25) is 4.79 Å². The molecule has 0 aliphatic carbocycles. The van der Waals surface area contributed by atoms with Crippen LogP contribution in [0.1, 0.15) is 22.8 Å². The van der Waals surface area contributed by atoms with Crippen molar-refractivity contribution in [3.8, 4) is 17.2 Å². The Morgan fingerprint density at radius 1 is 0.969 bits per heavy atom. The first kappa shape index (κ1) is 22.9. The highest BCUT2D eigenvalue weighted by Crippen LogP contribution is 2.28. The number of rotatable bonds is 8. The van der Waals surface area contributed by atoms with Gasteiger partial charge in [-0.05, 0) is 79.2 Å². The van der Waals surface area contributed by atoms with Crippen LogP contribution in [0.4, 0.5) is 5.69 Å². The van der Waals surface area contributed by atoms with Gasteiger partial charge in [0.05, 0.1) is 13.7 Å². The lowest BCUT2D eigenvalue weighted by Crippen LogP contribution is -2.11. The van der Waals surface area contributed by atoms with Crippen LogP contribution in [0, 0.1) is 0 Å². The first-order valence-corrected chi connectivity index (χ1v) is 10.2. The molecular formula is C25H22ClNO5. The molecule has 164 valence electrons. The molecular weight excluding hydrogens is 430 g/mol. The lowest BCUT2D eigenvalue weighted by Gasteiger charge is -2.09. The van der Waals surface area contributed by atoms with Gasteiger partial charge in [0.1, 0.15) is 5.75 Å². The van der Waals surface area contributed by atoms with Crippen LogP contribution in [0.25, 0.3) is 6.08 Å². The number of nitrogens with one attached hydrogen (secondary N) is 1. The Morgan fingerprint density at radius 2 is 1.69 bits per heavy atom. The van der Waals surface area contributed by atoms with Crippen molar-refractivity contribution in [3.05, 3.63) is 89.0 Å². The van der Waals surface area contributed by atoms with Crippen molar-refractivity contribution in [2.45, 2.75) is 6.92 Å². The Labute approximate surface area is 191 Å². The third kappa shape index (κ3) is 6.36. The van der Waals surface area contributed by atoms with Gasteiger partial charge < -0.3 is 19.5 Å². The molecule has 3 rings (SSSR count). The summed E-state index contributed by atoms with van der Waals surface area (Å²) in [6.07, 6.45) is 2.94. The number of benzene rings is 3. The Morgan fingerprint density at radius 3 is 2.34 bits per heavy atom. The number of halogens is 1. The molecule has 32 heavy (non-hydrogen) atoms. The topological polar surface area (TPSA) is 73.9 Å². The minimum absolute atomic E-state index is 0.283. The van der Waals surface area contributed by atoms with E-state index >= 15 is 0 Å². The van der Waals surface area contributed by atoms with Crippen LogP contribution in [0.2, 0.25) is 5.02 Å². The van der Waals surface area contributed by atoms with Gasteiger partial charge >= 0.3 is 5.97 Å². The van der Waals surface area contributed by atoms with Crippen LogP contribution in [-0.4, -0.2) is 25.6 Å². The summed E-state index contributed by atoms with van der Waals surface area (Å²) < 4.78 is 16.1. The number of anilines is 1. The second-order valence-electron chi connectivity index (χ2n) is 6.58.